The van der Waals surface area contributed by atoms with Crippen LogP contribution >= 0.6 is 22.6 Å². The van der Waals surface area contributed by atoms with Crippen LogP contribution in [0.1, 0.15) is 62.5 Å². The number of methoxy groups -OCH3 is 1. The number of nitrogens with one attached hydrogen (secondary N) is 1. The van der Waals surface area contributed by atoms with Gasteiger partial charge in [-0.25, -0.2) is 0 Å². The summed E-state index contributed by atoms with van der Waals surface area (Å²) in [5, 5.41) is 2.86. The van der Waals surface area contributed by atoms with Crippen molar-refractivity contribution in [3.8, 4) is 11.5 Å². The Balaban J connectivity index is 1.49. The normalized spacial score (nSPS) is 17.7. The molecule has 3 aliphatic rings. The van der Waals surface area contributed by atoms with E-state index in [0.29, 0.717) is 30.0 Å². The number of carbonyl (C=O) groups is 3. The van der Waals surface area contributed by atoms with Crippen molar-refractivity contribution in [3.05, 3.63) is 73.6 Å². The third-order valence-corrected chi connectivity index (χ3v) is 8.44. The van der Waals surface area contributed by atoms with Crippen LogP contribution in [0.15, 0.2) is 58.9 Å². The summed E-state index contributed by atoms with van der Waals surface area (Å²) in [6.07, 6.45) is 4.32. The Bertz CT molecular complexity index is 1370. The highest BCUT2D eigenvalue weighted by atomic mass is 127. The van der Waals surface area contributed by atoms with E-state index >= 15 is 0 Å². The van der Waals surface area contributed by atoms with Gasteiger partial charge < -0.3 is 19.7 Å². The minimum Gasteiger partial charge on any atom is -0.493 e. The molecule has 2 aromatic carbocycles. The predicted molar refractivity (Wildman–Crippen MR) is 158 cm³/mol. The number of ether oxygens (including phenoxy) is 2. The van der Waals surface area contributed by atoms with E-state index in [9.17, 15) is 14.4 Å². The molecule has 0 spiro atoms. The summed E-state index contributed by atoms with van der Waals surface area (Å²) in [5.74, 6) is 0.465. The van der Waals surface area contributed by atoms with E-state index in [4.69, 9.17) is 9.47 Å². The second-order valence-corrected chi connectivity index (χ2v) is 11.4. The van der Waals surface area contributed by atoms with Crippen LogP contribution in [0.2, 0.25) is 0 Å². The van der Waals surface area contributed by atoms with Crippen LogP contribution in [0, 0.1) is 10.5 Å². The number of hydrogen-bond acceptors (Lipinski definition) is 6. The Kier molecular flexibility index (Phi) is 8.11. The molecule has 2 aromatic rings. The molecule has 0 unspecified atom stereocenters. The lowest BCUT2D eigenvalue weighted by atomic mass is 9.71. The molecule has 0 bridgehead atoms. The van der Waals surface area contributed by atoms with Gasteiger partial charge in [0.05, 0.1) is 10.7 Å². The van der Waals surface area contributed by atoms with Gasteiger partial charge in [0.2, 0.25) is 0 Å². The second kappa shape index (κ2) is 11.5. The molecule has 0 radical (unpaired) electrons. The number of Topliss-reactive ketones (excluding diaryl/α,β-unsaturated/α-hetero) is 2. The largest absolute Gasteiger partial charge is 0.493 e. The third kappa shape index (κ3) is 5.35. The summed E-state index contributed by atoms with van der Waals surface area (Å²) in [6.45, 7) is 4.60. The van der Waals surface area contributed by atoms with Crippen LogP contribution in [0.5, 0.6) is 11.5 Å². The molecule has 39 heavy (non-hydrogen) atoms. The van der Waals surface area contributed by atoms with Gasteiger partial charge in [-0.15, -0.1) is 0 Å². The van der Waals surface area contributed by atoms with Crippen molar-refractivity contribution >= 4 is 45.8 Å². The van der Waals surface area contributed by atoms with Crippen LogP contribution in [-0.4, -0.2) is 42.6 Å². The van der Waals surface area contributed by atoms with Crippen molar-refractivity contribution in [2.75, 3.05) is 25.6 Å². The topological polar surface area (TPSA) is 84.9 Å². The van der Waals surface area contributed by atoms with Crippen LogP contribution < -0.4 is 14.8 Å². The number of halogens is 1. The molecule has 1 N–H and O–H groups in total. The minimum absolute atomic E-state index is 0.117. The molecule has 0 saturated carbocycles. The van der Waals surface area contributed by atoms with Gasteiger partial charge >= 0.3 is 0 Å². The molecular formula is C31H33IN2O5. The Morgan fingerprint density at radius 3 is 2.28 bits per heavy atom. The minimum atomic E-state index is -0.417. The lowest BCUT2D eigenvalue weighted by Gasteiger charge is -2.43. The monoisotopic (exact) mass is 640 g/mol. The highest BCUT2D eigenvalue weighted by Gasteiger charge is 2.43. The van der Waals surface area contributed by atoms with E-state index < -0.39 is 5.92 Å². The summed E-state index contributed by atoms with van der Waals surface area (Å²) in [6, 6.07) is 11.4. The average Bonchev–Trinajstić information content (AvgIpc) is 2.91. The zero-order valence-electron chi connectivity index (χ0n) is 22.6. The van der Waals surface area contributed by atoms with Crippen LogP contribution in [0.4, 0.5) is 5.69 Å². The fraction of sp³-hybridized carbons (Fsp3) is 0.387. The van der Waals surface area contributed by atoms with Gasteiger partial charge in [-0.2, -0.15) is 0 Å². The number of aryl methyl sites for hydroxylation is 1. The van der Waals surface area contributed by atoms with E-state index in [1.165, 1.54) is 0 Å². The lowest BCUT2D eigenvalue weighted by molar-refractivity contribution is -0.118. The van der Waals surface area contributed by atoms with Crippen molar-refractivity contribution in [3.63, 3.8) is 0 Å². The second-order valence-electron chi connectivity index (χ2n) is 10.2. The predicted octanol–water partition coefficient (Wildman–Crippen LogP) is 6.06. The molecule has 1 aliphatic heterocycles. The van der Waals surface area contributed by atoms with Crippen LogP contribution in [0.25, 0.3) is 0 Å². The maximum atomic E-state index is 13.4. The molecule has 7 nitrogen and oxygen atoms in total. The standard InChI is InChI=1S/C31H33IN2O5/c1-4-34-22-10-6-12-24(35)29(22)28(30-23(34)11-7-13-25(30)36)19-15-21(32)31(26(16-19)38-3)39-17-27(37)33-20-9-5-8-18(2)14-20/h5,8-9,14-16,28H,4,6-7,10-13,17H2,1-3H3,(H,33,37). The quantitative estimate of drug-likeness (QED) is 0.371. The molecule has 0 aromatic heterocycles. The number of allylic oxidation sites excluding steroid dienone is 4. The van der Waals surface area contributed by atoms with Gasteiger partial charge in [0.25, 0.3) is 5.91 Å². The van der Waals surface area contributed by atoms with E-state index in [0.717, 1.165) is 69.5 Å². The van der Waals surface area contributed by atoms with Crippen molar-refractivity contribution in [1.82, 2.24) is 4.90 Å². The molecule has 204 valence electrons. The number of benzene rings is 2. The average molecular weight is 641 g/mol. The number of ketones is 2. The molecule has 0 atom stereocenters. The van der Waals surface area contributed by atoms with Crippen molar-refractivity contribution in [1.29, 1.82) is 0 Å². The number of nitrogens with zero attached hydrogens (tertiary/aromatic N) is 1. The van der Waals surface area contributed by atoms with Crippen molar-refractivity contribution in [2.45, 2.75) is 58.3 Å². The molecule has 1 heterocycles. The van der Waals surface area contributed by atoms with Gasteiger partial charge in [-0.1, -0.05) is 12.1 Å². The molecule has 0 saturated heterocycles. The summed E-state index contributed by atoms with van der Waals surface area (Å²) < 4.78 is 12.4. The summed E-state index contributed by atoms with van der Waals surface area (Å²) in [5.41, 5.74) is 6.23. The van der Waals surface area contributed by atoms with E-state index in [2.05, 4.69) is 39.7 Å². The first kappa shape index (κ1) is 27.4. The Morgan fingerprint density at radius 1 is 1.03 bits per heavy atom. The van der Waals surface area contributed by atoms with Gasteiger partial charge in [0, 0.05) is 53.5 Å². The van der Waals surface area contributed by atoms with E-state index in [1.54, 1.807) is 7.11 Å². The van der Waals surface area contributed by atoms with Crippen molar-refractivity contribution < 1.29 is 23.9 Å². The SMILES string of the molecule is CCN1C2=C(C(=O)CCC2)C(c2cc(I)c(OCC(=O)Nc3cccc(C)c3)c(OC)c2)C2=C1CCCC2=O. The van der Waals surface area contributed by atoms with Gasteiger partial charge in [-0.3, -0.25) is 14.4 Å². The Morgan fingerprint density at radius 2 is 1.69 bits per heavy atom. The summed E-state index contributed by atoms with van der Waals surface area (Å²) in [4.78, 5) is 41.6. The number of carbonyl (C=O) groups excluding carboxylic acids is 3. The first-order valence-corrected chi connectivity index (χ1v) is 14.6. The highest BCUT2D eigenvalue weighted by Crippen LogP contribution is 2.50. The number of anilines is 1. The zero-order valence-corrected chi connectivity index (χ0v) is 24.7. The van der Waals surface area contributed by atoms with E-state index in [-0.39, 0.29) is 24.1 Å². The lowest BCUT2D eigenvalue weighted by Crippen LogP contribution is -2.39. The number of hydrogen-bond donors (Lipinski definition) is 1. The molecule has 8 heteroatoms. The van der Waals surface area contributed by atoms with Crippen LogP contribution in [-0.2, 0) is 14.4 Å². The number of rotatable bonds is 7. The van der Waals surface area contributed by atoms with Gasteiger partial charge in [0.1, 0.15) is 0 Å². The molecule has 0 fully saturated rings. The Labute approximate surface area is 242 Å². The fourth-order valence-electron chi connectivity index (χ4n) is 6.04. The smallest absolute Gasteiger partial charge is 0.262 e. The summed E-state index contributed by atoms with van der Waals surface area (Å²) in [7, 11) is 1.56. The Hall–Kier alpha value is -3.14. The highest BCUT2D eigenvalue weighted by molar-refractivity contribution is 14.1. The third-order valence-electron chi connectivity index (χ3n) is 7.64. The first-order valence-electron chi connectivity index (χ1n) is 13.5. The van der Waals surface area contributed by atoms with E-state index in [1.807, 2.05) is 43.3 Å². The maximum Gasteiger partial charge on any atom is 0.262 e. The maximum absolute atomic E-state index is 13.4. The zero-order chi connectivity index (χ0) is 27.7. The van der Waals surface area contributed by atoms with Crippen LogP contribution in [0.3, 0.4) is 0 Å². The molecule has 2 aliphatic carbocycles. The fourth-order valence-corrected chi connectivity index (χ4v) is 6.82. The van der Waals surface area contributed by atoms with Gasteiger partial charge in [-0.05, 0) is 97.5 Å². The van der Waals surface area contributed by atoms with Gasteiger partial charge in [0.15, 0.2) is 29.7 Å². The number of amides is 1. The van der Waals surface area contributed by atoms with Crippen molar-refractivity contribution in [2.24, 2.45) is 0 Å². The first-order chi connectivity index (χ1) is 18.8. The molecule has 5 rings (SSSR count). The molecule has 1 amide bonds. The summed E-state index contributed by atoms with van der Waals surface area (Å²) >= 11 is 2.17. The molecular weight excluding hydrogens is 607 g/mol.